The van der Waals surface area contributed by atoms with Gasteiger partial charge < -0.3 is 20.1 Å². The predicted molar refractivity (Wildman–Crippen MR) is 123 cm³/mol. The third-order valence-corrected chi connectivity index (χ3v) is 7.67. The Morgan fingerprint density at radius 2 is 1.78 bits per heavy atom. The average molecular weight is 528 g/mol. The Labute approximate surface area is 208 Å². The fourth-order valence-corrected chi connectivity index (χ4v) is 5.50. The number of benzene rings is 1. The summed E-state index contributed by atoms with van der Waals surface area (Å²) in [5.74, 6) is -2.94. The number of carbonyl (C=O) groups is 1. The molecule has 1 aromatic carbocycles. The molecule has 1 aromatic heterocycles. The molecule has 1 saturated heterocycles. The number of anilines is 1. The number of alkyl halides is 5. The number of aromatic nitrogens is 1. The minimum absolute atomic E-state index is 0.0134. The minimum atomic E-state index is -4.47. The highest BCUT2D eigenvalue weighted by molar-refractivity contribution is 5.99. The van der Waals surface area contributed by atoms with Gasteiger partial charge >= 0.3 is 6.18 Å². The maximum atomic E-state index is 14.6. The van der Waals surface area contributed by atoms with E-state index < -0.39 is 53.5 Å². The van der Waals surface area contributed by atoms with Gasteiger partial charge in [-0.25, -0.2) is 13.2 Å². The van der Waals surface area contributed by atoms with Gasteiger partial charge in [-0.3, -0.25) is 9.59 Å². The van der Waals surface area contributed by atoms with Crippen LogP contribution >= 0.6 is 0 Å². The molecule has 6 nitrogen and oxygen atoms in total. The lowest BCUT2D eigenvalue weighted by atomic mass is 10.0. The Balaban J connectivity index is 1.43. The molecular weight excluding hydrogens is 502 g/mol. The van der Waals surface area contributed by atoms with E-state index in [1.54, 1.807) is 0 Å². The fraction of sp³-hybridized carbons (Fsp3) is 0.520. The molecule has 0 unspecified atom stereocenters. The second-order valence-corrected chi connectivity index (χ2v) is 10.3. The molecule has 37 heavy (non-hydrogen) atoms. The highest BCUT2D eigenvalue weighted by Crippen LogP contribution is 2.53. The van der Waals surface area contributed by atoms with E-state index in [0.717, 1.165) is 36.0 Å². The van der Waals surface area contributed by atoms with Crippen molar-refractivity contribution in [2.24, 2.45) is 17.8 Å². The van der Waals surface area contributed by atoms with Crippen molar-refractivity contribution in [1.29, 1.82) is 0 Å². The van der Waals surface area contributed by atoms with E-state index in [0.29, 0.717) is 11.8 Å². The number of fused-ring (bicyclic) bond motifs is 1. The number of likely N-dealkylation sites (tertiary alicyclic amines) is 1. The molecule has 1 aliphatic heterocycles. The topological polar surface area (TPSA) is 66.4 Å². The summed E-state index contributed by atoms with van der Waals surface area (Å²) in [6.07, 6.45) is -6.67. The van der Waals surface area contributed by atoms with E-state index in [1.807, 2.05) is 7.05 Å². The first-order valence-corrected chi connectivity index (χ1v) is 12.0. The molecule has 2 heterocycles. The van der Waals surface area contributed by atoms with Gasteiger partial charge in [0.25, 0.3) is 17.9 Å². The smallest absolute Gasteiger partial charge is 0.381 e. The van der Waals surface area contributed by atoms with E-state index in [1.165, 1.54) is 19.1 Å². The lowest BCUT2D eigenvalue weighted by Crippen LogP contribution is -2.32. The molecule has 200 valence electrons. The molecule has 6 atom stereocenters. The molecule has 2 aromatic rings. The van der Waals surface area contributed by atoms with Crippen molar-refractivity contribution >= 4 is 11.6 Å². The summed E-state index contributed by atoms with van der Waals surface area (Å²) >= 11 is 0. The lowest BCUT2D eigenvalue weighted by Gasteiger charge is -2.20. The minimum Gasteiger partial charge on any atom is -0.381 e. The first kappa shape index (κ1) is 25.6. The molecule has 0 bridgehead atoms. The Bertz CT molecular complexity index is 1270. The Morgan fingerprint density at radius 1 is 1.14 bits per heavy atom. The van der Waals surface area contributed by atoms with Crippen LogP contribution in [-0.4, -0.2) is 47.7 Å². The first-order chi connectivity index (χ1) is 17.4. The number of piperidine rings is 1. The molecule has 2 N–H and O–H groups in total. The maximum Gasteiger partial charge on any atom is 0.393 e. The first-order valence-electron chi connectivity index (χ1n) is 12.0. The highest BCUT2D eigenvalue weighted by atomic mass is 19.4. The maximum absolute atomic E-state index is 14.6. The zero-order chi connectivity index (χ0) is 26.8. The summed E-state index contributed by atoms with van der Waals surface area (Å²) in [6.45, 7) is 3.09. The van der Waals surface area contributed by atoms with Gasteiger partial charge in [0, 0.05) is 43.0 Å². The summed E-state index contributed by atoms with van der Waals surface area (Å²) in [7, 11) is 1.99. The van der Waals surface area contributed by atoms with Gasteiger partial charge in [0.1, 0.15) is 5.82 Å². The zero-order valence-corrected chi connectivity index (χ0v) is 20.0. The molecule has 12 heteroatoms. The second-order valence-electron chi connectivity index (χ2n) is 10.3. The van der Waals surface area contributed by atoms with Gasteiger partial charge in [-0.2, -0.15) is 13.2 Å². The molecule has 5 rings (SSSR count). The van der Waals surface area contributed by atoms with Crippen molar-refractivity contribution in [2.75, 3.05) is 25.5 Å². The van der Waals surface area contributed by atoms with Crippen LogP contribution in [0.25, 0.3) is 0 Å². The van der Waals surface area contributed by atoms with E-state index in [4.69, 9.17) is 0 Å². The number of nitrogens with zero attached hydrogens (tertiary/aromatic N) is 2. The van der Waals surface area contributed by atoms with Gasteiger partial charge in [0.2, 0.25) is 0 Å². The largest absolute Gasteiger partial charge is 0.393 e. The van der Waals surface area contributed by atoms with Crippen molar-refractivity contribution in [2.45, 2.75) is 44.1 Å². The summed E-state index contributed by atoms with van der Waals surface area (Å²) in [5, 5.41) is 5.76. The van der Waals surface area contributed by atoms with Gasteiger partial charge in [0.05, 0.1) is 28.8 Å². The standard InChI is InChI=1S/C25H26F6N4O2/c1-11(12-4-3-5-13(21(12)26)23(27)28)32-24(37)16-10-35(19-6-17(19)25(29,30)31)20(36)7-18(16)33-22-14-8-34(2)9-15(14)22/h3-5,7,10-11,14-15,17,19,22-23,33H,6,8-9H2,1-2H3,(H,32,37)/t11-,14-,15+,17+,19+,22+/m1/s1. The summed E-state index contributed by atoms with van der Waals surface area (Å²) < 4.78 is 81.3. The van der Waals surface area contributed by atoms with Crippen molar-refractivity contribution in [1.82, 2.24) is 14.8 Å². The van der Waals surface area contributed by atoms with Gasteiger partial charge in [-0.1, -0.05) is 18.2 Å². The van der Waals surface area contributed by atoms with Crippen LogP contribution in [0.15, 0.2) is 35.3 Å². The normalized spacial score (nSPS) is 27.6. The van der Waals surface area contributed by atoms with Gasteiger partial charge in [-0.15, -0.1) is 0 Å². The van der Waals surface area contributed by atoms with E-state index in [-0.39, 0.29) is 29.3 Å². The summed E-state index contributed by atoms with van der Waals surface area (Å²) in [6, 6.07) is 2.47. The zero-order valence-electron chi connectivity index (χ0n) is 20.0. The van der Waals surface area contributed by atoms with Gasteiger partial charge in [-0.05, 0) is 32.2 Å². The van der Waals surface area contributed by atoms with Crippen LogP contribution in [0.5, 0.6) is 0 Å². The Hall–Kier alpha value is -3.02. The van der Waals surface area contributed by atoms with Crippen LogP contribution in [0.3, 0.4) is 0 Å². The third kappa shape index (κ3) is 4.83. The Morgan fingerprint density at radius 3 is 2.38 bits per heavy atom. The molecule has 2 saturated carbocycles. The number of halogens is 6. The molecular formula is C25H26F6N4O2. The fourth-order valence-electron chi connectivity index (χ4n) is 5.50. The second kappa shape index (κ2) is 9.07. The molecule has 3 aliphatic rings. The monoisotopic (exact) mass is 528 g/mol. The van der Waals surface area contributed by atoms with Crippen molar-refractivity contribution in [3.63, 3.8) is 0 Å². The van der Waals surface area contributed by atoms with Crippen LogP contribution < -0.4 is 16.2 Å². The van der Waals surface area contributed by atoms with Crippen LogP contribution in [0.1, 0.15) is 53.3 Å². The van der Waals surface area contributed by atoms with Crippen LogP contribution in [-0.2, 0) is 0 Å². The summed E-state index contributed by atoms with van der Waals surface area (Å²) in [4.78, 5) is 28.2. The number of hydrogen-bond donors (Lipinski definition) is 2. The molecule has 3 fully saturated rings. The average Bonchev–Trinajstić information content (AvgIpc) is 3.69. The van der Waals surface area contributed by atoms with Crippen molar-refractivity contribution in [3.8, 4) is 0 Å². The molecule has 1 amide bonds. The highest BCUT2D eigenvalue weighted by Gasteiger charge is 2.57. The van der Waals surface area contributed by atoms with Crippen molar-refractivity contribution < 1.29 is 31.1 Å². The van der Waals surface area contributed by atoms with E-state index >= 15 is 0 Å². The SMILES string of the molecule is C[C@@H](NC(=O)c1cn([C@H]2C[C@@H]2C(F)(F)F)c(=O)cc1N[C@H]1[C@@H]2CN(C)C[C@@H]21)c1cccc(C(F)F)c1F. The number of rotatable bonds is 7. The van der Waals surface area contributed by atoms with Crippen LogP contribution in [0, 0.1) is 23.6 Å². The molecule has 0 spiro atoms. The molecule has 2 aliphatic carbocycles. The van der Waals surface area contributed by atoms with Crippen molar-refractivity contribution in [3.05, 3.63) is 63.3 Å². The third-order valence-electron chi connectivity index (χ3n) is 7.67. The van der Waals surface area contributed by atoms with Crippen LogP contribution in [0.2, 0.25) is 0 Å². The van der Waals surface area contributed by atoms with Gasteiger partial charge in [0.15, 0.2) is 0 Å². The number of carbonyl (C=O) groups excluding carboxylic acids is 1. The van der Waals surface area contributed by atoms with E-state index in [2.05, 4.69) is 15.5 Å². The predicted octanol–water partition coefficient (Wildman–Crippen LogP) is 4.51. The molecule has 0 radical (unpaired) electrons. The lowest BCUT2D eigenvalue weighted by molar-refractivity contribution is -0.150. The van der Waals surface area contributed by atoms with E-state index in [9.17, 15) is 35.9 Å². The number of nitrogens with one attached hydrogen (secondary N) is 2. The number of pyridine rings is 1. The number of amides is 1. The summed E-state index contributed by atoms with van der Waals surface area (Å²) in [5.41, 5.74) is -1.51. The van der Waals surface area contributed by atoms with Crippen LogP contribution in [0.4, 0.5) is 32.0 Å². The quantitative estimate of drug-likeness (QED) is 0.519. The number of hydrogen-bond acceptors (Lipinski definition) is 4. The Kier molecular flexibility index (Phi) is 6.28.